The molecule has 0 radical (unpaired) electrons. The number of nitrogens with one attached hydrogen (secondary N) is 2. The van der Waals surface area contributed by atoms with Crippen LogP contribution in [0.1, 0.15) is 37.5 Å². The molecule has 2 unspecified atom stereocenters. The smallest absolute Gasteiger partial charge is 0.508 e. The summed E-state index contributed by atoms with van der Waals surface area (Å²) in [6, 6.07) is 60.8. The molecule has 8 aromatic rings. The van der Waals surface area contributed by atoms with Crippen LogP contribution in [0.25, 0.3) is 0 Å². The van der Waals surface area contributed by atoms with E-state index in [-0.39, 0.29) is 47.8 Å². The number of nitrogens with two attached hydrogens (primary N) is 1. The first-order valence-electron chi connectivity index (χ1n) is 26.2. The molecule has 89 heavy (non-hydrogen) atoms. The fraction of sp³-hybridized carbons (Fsp3) is 0.150. The third-order valence-electron chi connectivity index (χ3n) is 10.7. The van der Waals surface area contributed by atoms with E-state index in [2.05, 4.69) is 14.7 Å². The first-order chi connectivity index (χ1) is 42.3. The summed E-state index contributed by atoms with van der Waals surface area (Å²) in [6.07, 6.45) is -3.44. The number of aromatic hydroxyl groups is 1. The second-order valence-corrected chi connectivity index (χ2v) is 26.5. The largest absolute Gasteiger partial charge is 0.513 e. The first kappa shape index (κ1) is 72.9. The number of rotatable bonds is 23. The minimum Gasteiger partial charge on any atom is -0.508 e. The fourth-order valence-electron chi connectivity index (χ4n) is 6.42. The van der Waals surface area contributed by atoms with Crippen LogP contribution >= 0.6 is 54.4 Å². The monoisotopic (exact) mass is 1340 g/mol. The highest BCUT2D eigenvalue weighted by Crippen LogP contribution is 2.57. The SMILES string of the molecule is C[C@H](N)C(=O)OCc1ccccc1.C[C@H](NP(=O)(Cl)Oc1ccccc1)C(=O)OCc1ccccc1.C[C@H](NP(=O)(Oc1ccccc1)Oc1ccc([N+](=O)[O-])cc1)C(=O)OCc1ccccc1.O=P(Cl)(Cl)Oc1ccccc1.O=[N+]([O-])c1ccc(O)cc1. The van der Waals surface area contributed by atoms with E-state index in [0.29, 0.717) is 18.1 Å². The highest BCUT2D eigenvalue weighted by molar-refractivity contribution is 8.05. The van der Waals surface area contributed by atoms with Crippen LogP contribution in [-0.2, 0) is 62.1 Å². The second kappa shape index (κ2) is 38.0. The summed E-state index contributed by atoms with van der Waals surface area (Å²) in [6.45, 7) is 1.37. The lowest BCUT2D eigenvalue weighted by Gasteiger charge is -2.23. The van der Waals surface area contributed by atoms with Crippen LogP contribution in [0.2, 0.25) is 0 Å². The van der Waals surface area contributed by atoms with E-state index < -0.39 is 60.6 Å². The van der Waals surface area contributed by atoms with Crippen LogP contribution in [0.15, 0.2) is 231 Å². The van der Waals surface area contributed by atoms with Crippen LogP contribution in [0, 0.1) is 20.2 Å². The number of carbonyl (C=O) groups is 3. The van der Waals surface area contributed by atoms with E-state index in [9.17, 15) is 48.3 Å². The zero-order valence-electron chi connectivity index (χ0n) is 47.6. The lowest BCUT2D eigenvalue weighted by molar-refractivity contribution is -0.385. The van der Waals surface area contributed by atoms with Gasteiger partial charge < -0.3 is 43.1 Å². The fourth-order valence-corrected chi connectivity index (χ4v) is 10.5. The number of benzene rings is 8. The minimum atomic E-state index is -4.13. The minimum absolute atomic E-state index is 0.0159. The van der Waals surface area contributed by atoms with Crippen molar-refractivity contribution in [3.63, 3.8) is 0 Å². The predicted molar refractivity (Wildman–Crippen MR) is 338 cm³/mol. The van der Waals surface area contributed by atoms with Gasteiger partial charge in [0, 0.05) is 58.0 Å². The molecule has 0 aliphatic rings. The van der Waals surface area contributed by atoms with Crippen LogP contribution in [0.3, 0.4) is 0 Å². The molecule has 0 spiro atoms. The Labute approximate surface area is 527 Å². The molecule has 0 saturated carbocycles. The number of halogens is 3. The molecule has 23 nitrogen and oxygen atoms in total. The van der Waals surface area contributed by atoms with Crippen molar-refractivity contribution in [2.45, 2.75) is 58.7 Å². The number of esters is 3. The van der Waals surface area contributed by atoms with Gasteiger partial charge in [0.15, 0.2) is 0 Å². The van der Waals surface area contributed by atoms with Gasteiger partial charge in [0.2, 0.25) is 0 Å². The molecular formula is C60H61Cl3N5O18P3. The standard InChI is InChI=1S/C22H21N2O7P.C16H17ClNO4P.C10H13NO2.C6H5Cl2O2P.C6H5NO3/c1-17(22(25)29-16-18-8-4-2-5-9-18)23-32(28,30-20-10-6-3-7-11-20)31-21-14-12-19(13-15-21)24(26)27;1-13(16(19)21-12-14-8-4-2-5-9-14)18-23(17,20)22-15-10-6-3-7-11-15;1-8(11)10(12)13-7-9-5-3-2-4-6-9;7-11(8,9)10-6-4-2-1-3-5-6;8-6-3-1-5(2-4-6)7(9)10/h2-15,17H,16H2,1H3,(H,23,28);2-11,13H,12H2,1H3,(H,18,20);2-6,8H,7,11H2,1H3;1-5H;1-4,8H/t17-,32?;13-,23?;8-;;/m000../s1. The van der Waals surface area contributed by atoms with E-state index in [1.807, 2.05) is 91.0 Å². The van der Waals surface area contributed by atoms with Gasteiger partial charge in [-0.2, -0.15) is 5.09 Å². The van der Waals surface area contributed by atoms with Crippen molar-refractivity contribution >= 4 is 83.7 Å². The summed E-state index contributed by atoms with van der Waals surface area (Å²) in [7, 11) is -4.13. The Kier molecular flexibility index (Phi) is 31.1. The van der Waals surface area contributed by atoms with Crippen LogP contribution < -0.4 is 34.0 Å². The van der Waals surface area contributed by atoms with Gasteiger partial charge >= 0.3 is 38.6 Å². The molecule has 0 heterocycles. The molecule has 8 aromatic carbocycles. The summed E-state index contributed by atoms with van der Waals surface area (Å²) in [4.78, 5) is 55.1. The molecule has 0 bridgehead atoms. The van der Waals surface area contributed by atoms with E-state index in [1.165, 1.54) is 62.4 Å². The zero-order chi connectivity index (χ0) is 65.2. The maximum absolute atomic E-state index is 13.5. The average molecular weight is 1340 g/mol. The van der Waals surface area contributed by atoms with Crippen molar-refractivity contribution < 1.29 is 75.3 Å². The number of non-ortho nitro benzene ring substituents is 2. The molecule has 8 rings (SSSR count). The van der Waals surface area contributed by atoms with E-state index >= 15 is 0 Å². The van der Waals surface area contributed by atoms with Crippen LogP contribution in [0.4, 0.5) is 11.4 Å². The molecule has 0 aromatic heterocycles. The van der Waals surface area contributed by atoms with Gasteiger partial charge in [-0.15, -0.1) is 0 Å². The number of ether oxygens (including phenoxy) is 3. The topological polar surface area (TPSA) is 324 Å². The summed E-state index contributed by atoms with van der Waals surface area (Å²) in [5, 5.41) is 34.6. The Morgan fingerprint density at radius 1 is 0.449 bits per heavy atom. The molecule has 0 fully saturated rings. The lowest BCUT2D eigenvalue weighted by atomic mass is 10.2. The Morgan fingerprint density at radius 3 is 1.08 bits per heavy atom. The summed E-state index contributed by atoms with van der Waals surface area (Å²) in [5.74, 6) is -0.495. The Balaban J connectivity index is 0.000000257. The Hall–Kier alpha value is -8.59. The zero-order valence-corrected chi connectivity index (χ0v) is 52.6. The van der Waals surface area contributed by atoms with Gasteiger partial charge in [-0.1, -0.05) is 146 Å². The quantitative estimate of drug-likeness (QED) is 0.0152. The first-order valence-corrected chi connectivity index (χ1v) is 33.7. The number of para-hydroxylation sites is 3. The van der Waals surface area contributed by atoms with Crippen molar-refractivity contribution in [2.24, 2.45) is 5.73 Å². The number of nitro groups is 2. The number of hydrogen-bond donors (Lipinski definition) is 4. The number of phenols is 1. The Bertz CT molecular complexity index is 3580. The molecule has 29 heteroatoms. The van der Waals surface area contributed by atoms with E-state index in [4.69, 9.17) is 72.3 Å². The second-order valence-electron chi connectivity index (χ2n) is 18.0. The molecular weight excluding hydrogens is 1280 g/mol. The number of phenolic OH excluding ortho intramolecular Hbond substituents is 1. The summed E-state index contributed by atoms with van der Waals surface area (Å²) in [5.41, 5.74) is 7.80. The van der Waals surface area contributed by atoms with Crippen molar-refractivity contribution in [3.05, 3.63) is 267 Å². The van der Waals surface area contributed by atoms with Crippen molar-refractivity contribution in [1.29, 1.82) is 0 Å². The van der Waals surface area contributed by atoms with Gasteiger partial charge in [0.05, 0.1) is 9.85 Å². The molecule has 0 aliphatic heterocycles. The van der Waals surface area contributed by atoms with Crippen LogP contribution in [-0.4, -0.2) is 51.0 Å². The maximum Gasteiger partial charge on any atom is 0.513 e. The van der Waals surface area contributed by atoms with Gasteiger partial charge in [0.25, 0.3) is 11.4 Å². The van der Waals surface area contributed by atoms with Gasteiger partial charge in [-0.25, -0.2) is 18.8 Å². The van der Waals surface area contributed by atoms with Gasteiger partial charge in [0.1, 0.15) is 66.7 Å². The third-order valence-corrected chi connectivity index (χ3v) is 14.8. The number of hydrogen-bond acceptors (Lipinski definition) is 19. The van der Waals surface area contributed by atoms with E-state index in [0.717, 1.165) is 16.7 Å². The summed E-state index contributed by atoms with van der Waals surface area (Å²) >= 11 is 16.2. The number of nitrogens with zero attached hydrogens (tertiary/aromatic N) is 2. The Morgan fingerprint density at radius 2 is 0.742 bits per heavy atom. The lowest BCUT2D eigenvalue weighted by Crippen LogP contribution is -2.35. The molecule has 0 aliphatic carbocycles. The van der Waals surface area contributed by atoms with Crippen LogP contribution in [0.5, 0.6) is 28.7 Å². The highest BCUT2D eigenvalue weighted by atomic mass is 35.9. The average Bonchev–Trinajstić information content (AvgIpc) is 2.73. The molecule has 470 valence electrons. The maximum atomic E-state index is 13.5. The number of nitro benzene ring substituents is 2. The highest BCUT2D eigenvalue weighted by Gasteiger charge is 2.34. The van der Waals surface area contributed by atoms with E-state index in [1.54, 1.807) is 97.9 Å². The summed E-state index contributed by atoms with van der Waals surface area (Å²) < 4.78 is 72.6. The molecule has 5 atom stereocenters. The van der Waals surface area contributed by atoms with Crippen molar-refractivity contribution in [3.8, 4) is 28.7 Å². The van der Waals surface area contributed by atoms with Crippen molar-refractivity contribution in [2.75, 3.05) is 0 Å². The third kappa shape index (κ3) is 30.7. The number of carbonyl (C=O) groups excluding carboxylic acids is 3. The van der Waals surface area contributed by atoms with Crippen molar-refractivity contribution in [1.82, 2.24) is 10.2 Å². The molecule has 0 amide bonds. The normalized spacial score (nSPS) is 12.8. The predicted octanol–water partition coefficient (Wildman–Crippen LogP) is 15.0. The van der Waals surface area contributed by atoms with Gasteiger partial charge in [-0.05, 0) is 98.1 Å². The van der Waals surface area contributed by atoms with Gasteiger partial charge in [-0.3, -0.25) is 34.6 Å². The molecule has 5 N–H and O–H groups in total. The molecule has 0 saturated heterocycles.